The van der Waals surface area contributed by atoms with Gasteiger partial charge in [0.25, 0.3) is 0 Å². The zero-order valence-corrected chi connectivity index (χ0v) is 13.9. The highest BCUT2D eigenvalue weighted by Gasteiger charge is 2.58. The molecule has 26 heavy (non-hydrogen) atoms. The van der Waals surface area contributed by atoms with Crippen molar-refractivity contribution in [3.05, 3.63) is 0 Å². The fourth-order valence-corrected chi connectivity index (χ4v) is 2.82. The van der Waals surface area contributed by atoms with Gasteiger partial charge in [-0.2, -0.15) is 0 Å². The van der Waals surface area contributed by atoms with Crippen LogP contribution in [0.5, 0.6) is 0 Å². The predicted molar refractivity (Wildman–Crippen MR) is 78.2 cm³/mol. The summed E-state index contributed by atoms with van der Waals surface area (Å²) in [6, 6.07) is 0. The van der Waals surface area contributed by atoms with Crippen LogP contribution in [0.1, 0.15) is 6.92 Å². The molecule has 7 N–H and O–H groups in total. The summed E-state index contributed by atoms with van der Waals surface area (Å²) in [5.41, 5.74) is 0. The molecular weight excluding hydrogens is 360 g/mol. The average Bonchev–Trinajstić information content (AvgIpc) is 2.86. The zero-order valence-electron chi connectivity index (χ0n) is 13.9. The molecule has 2 aliphatic rings. The first-order valence-electron chi connectivity index (χ1n) is 7.93. The maximum atomic E-state index is 10.9. The number of esters is 1. The molecule has 0 bridgehead atoms. The molecule has 12 nitrogen and oxygen atoms in total. The maximum absolute atomic E-state index is 10.9. The molecule has 12 heteroatoms. The van der Waals surface area contributed by atoms with Gasteiger partial charge in [0.15, 0.2) is 6.29 Å². The van der Waals surface area contributed by atoms with E-state index in [1.54, 1.807) is 0 Å². The van der Waals surface area contributed by atoms with Crippen molar-refractivity contribution in [2.45, 2.75) is 61.7 Å². The minimum absolute atomic E-state index is 0.461. The molecule has 0 saturated carbocycles. The first kappa shape index (κ1) is 21.4. The smallest absolute Gasteiger partial charge is 0.302 e. The SMILES string of the molecule is CC(=O)OCC1OC(O[C@]2(CO)O[C@H](CO)[C@H](O)C2O)C(O)C(O)C1O. The summed E-state index contributed by atoms with van der Waals surface area (Å²) < 4.78 is 20.4. The summed E-state index contributed by atoms with van der Waals surface area (Å²) in [4.78, 5) is 10.9. The Kier molecular flexibility index (Phi) is 6.90. The Labute approximate surface area is 148 Å². The molecule has 0 aromatic heterocycles. The normalized spacial score (nSPS) is 46.3. The lowest BCUT2D eigenvalue weighted by Crippen LogP contribution is -2.62. The van der Waals surface area contributed by atoms with E-state index in [0.717, 1.165) is 6.92 Å². The van der Waals surface area contributed by atoms with Gasteiger partial charge in [0.1, 0.15) is 55.9 Å². The van der Waals surface area contributed by atoms with Crippen LogP contribution < -0.4 is 0 Å². The van der Waals surface area contributed by atoms with Crippen LogP contribution in [-0.2, 0) is 23.7 Å². The van der Waals surface area contributed by atoms with Gasteiger partial charge in [0.2, 0.25) is 5.79 Å². The van der Waals surface area contributed by atoms with Crippen LogP contribution in [0.25, 0.3) is 0 Å². The van der Waals surface area contributed by atoms with Crippen LogP contribution in [-0.4, -0.2) is 116 Å². The van der Waals surface area contributed by atoms with E-state index < -0.39 is 80.6 Å². The summed E-state index contributed by atoms with van der Waals surface area (Å²) in [6.07, 6.45) is -12.9. The number of carbonyl (C=O) groups is 1. The molecule has 0 aromatic carbocycles. The van der Waals surface area contributed by atoms with Gasteiger partial charge < -0.3 is 54.7 Å². The van der Waals surface area contributed by atoms with E-state index in [4.69, 9.17) is 24.1 Å². The Hall–Kier alpha value is -0.930. The quantitative estimate of drug-likeness (QED) is 0.216. The maximum Gasteiger partial charge on any atom is 0.302 e. The highest BCUT2D eigenvalue weighted by molar-refractivity contribution is 5.65. The lowest BCUT2D eigenvalue weighted by atomic mass is 9.99. The molecule has 0 aliphatic carbocycles. The Balaban J connectivity index is 2.16. The molecule has 6 unspecified atom stereocenters. The minimum atomic E-state index is -2.26. The summed E-state index contributed by atoms with van der Waals surface area (Å²) in [5, 5.41) is 68.6. The highest BCUT2D eigenvalue weighted by atomic mass is 16.8. The van der Waals surface area contributed by atoms with Crippen LogP contribution in [0.3, 0.4) is 0 Å². The lowest BCUT2D eigenvalue weighted by Gasteiger charge is -2.43. The number of aliphatic hydroxyl groups excluding tert-OH is 7. The van der Waals surface area contributed by atoms with E-state index >= 15 is 0 Å². The van der Waals surface area contributed by atoms with Crippen LogP contribution >= 0.6 is 0 Å². The van der Waals surface area contributed by atoms with E-state index in [0.29, 0.717) is 0 Å². The van der Waals surface area contributed by atoms with Crippen LogP contribution in [0.15, 0.2) is 0 Å². The van der Waals surface area contributed by atoms with Crippen molar-refractivity contribution >= 4 is 5.97 Å². The largest absolute Gasteiger partial charge is 0.463 e. The minimum Gasteiger partial charge on any atom is -0.463 e. The van der Waals surface area contributed by atoms with E-state index in [-0.39, 0.29) is 0 Å². The van der Waals surface area contributed by atoms with Crippen molar-refractivity contribution in [1.82, 2.24) is 0 Å². The molecule has 9 atom stereocenters. The van der Waals surface area contributed by atoms with Gasteiger partial charge in [0, 0.05) is 6.92 Å². The van der Waals surface area contributed by atoms with E-state index in [9.17, 15) is 35.4 Å². The first-order valence-corrected chi connectivity index (χ1v) is 7.93. The lowest BCUT2D eigenvalue weighted by molar-refractivity contribution is -0.383. The molecular formula is C14H24O12. The summed E-state index contributed by atoms with van der Waals surface area (Å²) >= 11 is 0. The molecule has 152 valence electrons. The number of aliphatic hydroxyl groups is 7. The molecule has 0 spiro atoms. The van der Waals surface area contributed by atoms with Gasteiger partial charge in [-0.15, -0.1) is 0 Å². The average molecular weight is 384 g/mol. The van der Waals surface area contributed by atoms with Crippen molar-refractivity contribution in [2.24, 2.45) is 0 Å². The van der Waals surface area contributed by atoms with Crippen molar-refractivity contribution in [3.63, 3.8) is 0 Å². The fourth-order valence-electron chi connectivity index (χ4n) is 2.82. The van der Waals surface area contributed by atoms with E-state index in [1.165, 1.54) is 0 Å². The van der Waals surface area contributed by atoms with Crippen LogP contribution in [0.2, 0.25) is 0 Å². The standard InChI is InChI=1S/C14H24O12/c1-5(17)23-3-7-8(18)10(20)11(21)13(24-7)26-14(4-16)12(22)9(19)6(2-15)25-14/h6-13,15-16,18-22H,2-4H2,1H3/t6-,7?,8?,9+,10?,11?,12?,13?,14+/m1/s1. The van der Waals surface area contributed by atoms with E-state index in [1.807, 2.05) is 0 Å². The monoisotopic (exact) mass is 384 g/mol. The molecule has 2 rings (SSSR count). The molecule has 2 fully saturated rings. The fraction of sp³-hybridized carbons (Fsp3) is 0.929. The van der Waals surface area contributed by atoms with Crippen molar-refractivity contribution < 1.29 is 59.5 Å². The summed E-state index contributed by atoms with van der Waals surface area (Å²) in [5.74, 6) is -2.93. The number of hydrogen-bond acceptors (Lipinski definition) is 12. The molecule has 2 heterocycles. The van der Waals surface area contributed by atoms with Gasteiger partial charge >= 0.3 is 5.97 Å². The Bertz CT molecular complexity index is 489. The Morgan fingerprint density at radius 3 is 2.15 bits per heavy atom. The van der Waals surface area contributed by atoms with Crippen LogP contribution in [0.4, 0.5) is 0 Å². The summed E-state index contributed by atoms with van der Waals surface area (Å²) in [7, 11) is 0. The number of ether oxygens (including phenoxy) is 4. The molecule has 2 saturated heterocycles. The van der Waals surface area contributed by atoms with Gasteiger partial charge in [-0.1, -0.05) is 0 Å². The Morgan fingerprint density at radius 1 is 1.00 bits per heavy atom. The van der Waals surface area contributed by atoms with Gasteiger partial charge in [-0.25, -0.2) is 0 Å². The van der Waals surface area contributed by atoms with Crippen molar-refractivity contribution in [3.8, 4) is 0 Å². The van der Waals surface area contributed by atoms with Crippen LogP contribution in [0, 0.1) is 0 Å². The second-order valence-corrected chi connectivity index (χ2v) is 6.18. The third-order valence-corrected chi connectivity index (χ3v) is 4.34. The number of rotatable bonds is 6. The van der Waals surface area contributed by atoms with Gasteiger partial charge in [0.05, 0.1) is 6.61 Å². The molecule has 0 aromatic rings. The molecule has 2 aliphatic heterocycles. The molecule has 0 amide bonds. The summed E-state index contributed by atoms with van der Waals surface area (Å²) in [6.45, 7) is -1.01. The van der Waals surface area contributed by atoms with Crippen molar-refractivity contribution in [2.75, 3.05) is 19.8 Å². The second kappa shape index (κ2) is 8.39. The van der Waals surface area contributed by atoms with Gasteiger partial charge in [-0.05, 0) is 0 Å². The third kappa shape index (κ3) is 3.99. The van der Waals surface area contributed by atoms with Gasteiger partial charge in [-0.3, -0.25) is 4.79 Å². The first-order chi connectivity index (χ1) is 12.2. The van der Waals surface area contributed by atoms with E-state index in [2.05, 4.69) is 0 Å². The molecule has 0 radical (unpaired) electrons. The number of carbonyl (C=O) groups excluding carboxylic acids is 1. The highest BCUT2D eigenvalue weighted by Crippen LogP contribution is 2.35. The predicted octanol–water partition coefficient (Wildman–Crippen LogP) is -4.82. The zero-order chi connectivity index (χ0) is 19.6. The van der Waals surface area contributed by atoms with Crippen molar-refractivity contribution in [1.29, 1.82) is 0 Å². The topological polar surface area (TPSA) is 196 Å². The third-order valence-electron chi connectivity index (χ3n) is 4.34. The Morgan fingerprint density at radius 2 is 1.65 bits per heavy atom. The number of hydrogen-bond donors (Lipinski definition) is 7. The second-order valence-electron chi connectivity index (χ2n) is 6.18.